The average Bonchev–Trinajstić information content (AvgIpc) is 2.99. The first kappa shape index (κ1) is 12.0. The Morgan fingerprint density at radius 2 is 1.93 bits per heavy atom. The number of rotatable bonds is 9. The van der Waals surface area contributed by atoms with Gasteiger partial charge in [-0.05, 0) is 58.8 Å². The Bertz CT molecular complexity index is 132. The lowest BCUT2D eigenvalue weighted by molar-refractivity contribution is 0.257. The monoisotopic (exact) mass is 198 g/mol. The van der Waals surface area contributed by atoms with Gasteiger partial charge in [-0.25, -0.2) is 0 Å². The summed E-state index contributed by atoms with van der Waals surface area (Å²) in [5.41, 5.74) is 0. The number of nitrogens with zero attached hydrogens (tertiary/aromatic N) is 1. The van der Waals surface area contributed by atoms with E-state index in [0.29, 0.717) is 0 Å². The maximum atomic E-state index is 3.20. The smallest absolute Gasteiger partial charge is 0.00964 e. The summed E-state index contributed by atoms with van der Waals surface area (Å²) < 4.78 is 0. The van der Waals surface area contributed by atoms with Gasteiger partial charge in [0.2, 0.25) is 0 Å². The summed E-state index contributed by atoms with van der Waals surface area (Å²) in [5, 5.41) is 3.20. The van der Waals surface area contributed by atoms with Gasteiger partial charge in [-0.2, -0.15) is 0 Å². The molecular weight excluding hydrogens is 172 g/mol. The number of hydrogen-bond donors (Lipinski definition) is 1. The van der Waals surface area contributed by atoms with E-state index >= 15 is 0 Å². The number of nitrogens with one attached hydrogen (secondary N) is 1. The molecule has 1 rings (SSSR count). The SMILES string of the molecule is CCCN(CCCCCNC)C1CC1. The molecule has 0 aromatic carbocycles. The lowest BCUT2D eigenvalue weighted by atomic mass is 10.2. The van der Waals surface area contributed by atoms with Crippen molar-refractivity contribution in [3.05, 3.63) is 0 Å². The van der Waals surface area contributed by atoms with Crippen molar-refractivity contribution in [1.29, 1.82) is 0 Å². The lowest BCUT2D eigenvalue weighted by Crippen LogP contribution is -2.28. The van der Waals surface area contributed by atoms with Gasteiger partial charge >= 0.3 is 0 Å². The summed E-state index contributed by atoms with van der Waals surface area (Å²) >= 11 is 0. The molecule has 0 radical (unpaired) electrons. The van der Waals surface area contributed by atoms with Gasteiger partial charge in [0.25, 0.3) is 0 Å². The van der Waals surface area contributed by atoms with E-state index in [4.69, 9.17) is 0 Å². The molecular formula is C12H26N2. The van der Waals surface area contributed by atoms with E-state index in [1.165, 1.54) is 58.2 Å². The Morgan fingerprint density at radius 3 is 2.50 bits per heavy atom. The van der Waals surface area contributed by atoms with Gasteiger partial charge in [0, 0.05) is 6.04 Å². The summed E-state index contributed by atoms with van der Waals surface area (Å²) in [4.78, 5) is 2.69. The van der Waals surface area contributed by atoms with Crippen molar-refractivity contribution in [2.75, 3.05) is 26.7 Å². The highest BCUT2D eigenvalue weighted by Crippen LogP contribution is 2.27. The molecule has 0 spiro atoms. The van der Waals surface area contributed by atoms with Crippen molar-refractivity contribution in [2.24, 2.45) is 0 Å². The molecule has 2 heteroatoms. The van der Waals surface area contributed by atoms with Crippen molar-refractivity contribution >= 4 is 0 Å². The topological polar surface area (TPSA) is 15.3 Å². The minimum Gasteiger partial charge on any atom is -0.320 e. The van der Waals surface area contributed by atoms with Crippen LogP contribution >= 0.6 is 0 Å². The quantitative estimate of drug-likeness (QED) is 0.572. The molecule has 0 aromatic heterocycles. The fourth-order valence-electron chi connectivity index (χ4n) is 2.00. The highest BCUT2D eigenvalue weighted by atomic mass is 15.2. The van der Waals surface area contributed by atoms with Crippen LogP contribution in [-0.2, 0) is 0 Å². The molecule has 0 aromatic rings. The minimum absolute atomic E-state index is 0.958. The molecule has 0 bridgehead atoms. The summed E-state index contributed by atoms with van der Waals surface area (Å²) in [5.74, 6) is 0. The third-order valence-corrected chi connectivity index (χ3v) is 2.95. The summed E-state index contributed by atoms with van der Waals surface area (Å²) in [6.07, 6.45) is 8.33. The van der Waals surface area contributed by atoms with Crippen LogP contribution < -0.4 is 5.32 Å². The second-order valence-corrected chi connectivity index (χ2v) is 4.43. The minimum atomic E-state index is 0.958. The fraction of sp³-hybridized carbons (Fsp3) is 1.00. The fourth-order valence-corrected chi connectivity index (χ4v) is 2.00. The maximum Gasteiger partial charge on any atom is 0.00964 e. The Labute approximate surface area is 89.1 Å². The van der Waals surface area contributed by atoms with Gasteiger partial charge in [-0.15, -0.1) is 0 Å². The summed E-state index contributed by atoms with van der Waals surface area (Å²) in [6, 6.07) is 0.958. The average molecular weight is 198 g/mol. The molecule has 84 valence electrons. The first-order valence-electron chi connectivity index (χ1n) is 6.27. The van der Waals surface area contributed by atoms with E-state index in [1.54, 1.807) is 0 Å². The molecule has 0 heterocycles. The van der Waals surface area contributed by atoms with Crippen molar-refractivity contribution in [2.45, 2.75) is 51.5 Å². The van der Waals surface area contributed by atoms with Gasteiger partial charge in [-0.1, -0.05) is 13.3 Å². The largest absolute Gasteiger partial charge is 0.320 e. The molecule has 1 aliphatic carbocycles. The van der Waals surface area contributed by atoms with Crippen LogP contribution in [0.25, 0.3) is 0 Å². The molecule has 2 nitrogen and oxygen atoms in total. The van der Waals surface area contributed by atoms with E-state index in [1.807, 2.05) is 7.05 Å². The molecule has 1 saturated carbocycles. The van der Waals surface area contributed by atoms with Crippen LogP contribution in [0, 0.1) is 0 Å². The van der Waals surface area contributed by atoms with Crippen LogP contribution in [0.15, 0.2) is 0 Å². The Hall–Kier alpha value is -0.0800. The molecule has 14 heavy (non-hydrogen) atoms. The third-order valence-electron chi connectivity index (χ3n) is 2.95. The Morgan fingerprint density at radius 1 is 1.14 bits per heavy atom. The van der Waals surface area contributed by atoms with Gasteiger partial charge in [-0.3, -0.25) is 0 Å². The predicted octanol–water partition coefficient (Wildman–Crippen LogP) is 2.25. The highest BCUT2D eigenvalue weighted by Gasteiger charge is 2.27. The van der Waals surface area contributed by atoms with Gasteiger partial charge in [0.15, 0.2) is 0 Å². The highest BCUT2D eigenvalue weighted by molar-refractivity contribution is 4.84. The Balaban J connectivity index is 1.96. The normalized spacial score (nSPS) is 16.5. The molecule has 1 aliphatic rings. The van der Waals surface area contributed by atoms with Crippen LogP contribution in [0.2, 0.25) is 0 Å². The van der Waals surface area contributed by atoms with E-state index in [9.17, 15) is 0 Å². The third kappa shape index (κ3) is 4.97. The van der Waals surface area contributed by atoms with E-state index in [0.717, 1.165) is 6.04 Å². The maximum absolute atomic E-state index is 3.20. The molecule has 0 amide bonds. The van der Waals surface area contributed by atoms with Crippen LogP contribution in [-0.4, -0.2) is 37.6 Å². The predicted molar refractivity (Wildman–Crippen MR) is 62.7 cm³/mol. The molecule has 0 saturated heterocycles. The standard InChI is InChI=1S/C12H26N2/c1-3-10-14(12-7-8-12)11-6-4-5-9-13-2/h12-13H,3-11H2,1-2H3. The van der Waals surface area contributed by atoms with Crippen LogP contribution in [0.3, 0.4) is 0 Å². The zero-order chi connectivity index (χ0) is 10.2. The summed E-state index contributed by atoms with van der Waals surface area (Å²) in [7, 11) is 2.04. The molecule has 0 unspecified atom stereocenters. The van der Waals surface area contributed by atoms with Crippen molar-refractivity contribution in [3.63, 3.8) is 0 Å². The molecule has 1 fully saturated rings. The first-order chi connectivity index (χ1) is 6.88. The zero-order valence-corrected chi connectivity index (χ0v) is 9.89. The second-order valence-electron chi connectivity index (χ2n) is 4.43. The van der Waals surface area contributed by atoms with E-state index in [2.05, 4.69) is 17.1 Å². The van der Waals surface area contributed by atoms with E-state index in [-0.39, 0.29) is 0 Å². The van der Waals surface area contributed by atoms with Crippen LogP contribution in [0.1, 0.15) is 45.4 Å². The van der Waals surface area contributed by atoms with Crippen LogP contribution in [0.5, 0.6) is 0 Å². The van der Waals surface area contributed by atoms with Crippen molar-refractivity contribution in [1.82, 2.24) is 10.2 Å². The van der Waals surface area contributed by atoms with Crippen molar-refractivity contribution in [3.8, 4) is 0 Å². The second kappa shape index (κ2) is 7.24. The number of unbranched alkanes of at least 4 members (excludes halogenated alkanes) is 2. The van der Waals surface area contributed by atoms with Gasteiger partial charge in [0.1, 0.15) is 0 Å². The van der Waals surface area contributed by atoms with E-state index < -0.39 is 0 Å². The molecule has 0 atom stereocenters. The number of hydrogen-bond acceptors (Lipinski definition) is 2. The van der Waals surface area contributed by atoms with Crippen LogP contribution in [0.4, 0.5) is 0 Å². The Kier molecular flexibility index (Phi) is 6.20. The van der Waals surface area contributed by atoms with Gasteiger partial charge in [0.05, 0.1) is 0 Å². The summed E-state index contributed by atoms with van der Waals surface area (Å²) in [6.45, 7) is 6.12. The lowest BCUT2D eigenvalue weighted by Gasteiger charge is -2.20. The first-order valence-corrected chi connectivity index (χ1v) is 6.27. The van der Waals surface area contributed by atoms with Gasteiger partial charge < -0.3 is 10.2 Å². The molecule has 0 aliphatic heterocycles. The molecule has 1 N–H and O–H groups in total. The zero-order valence-electron chi connectivity index (χ0n) is 9.89. The van der Waals surface area contributed by atoms with Crippen molar-refractivity contribution < 1.29 is 0 Å².